The summed E-state index contributed by atoms with van der Waals surface area (Å²) >= 11 is 0. The van der Waals surface area contributed by atoms with Crippen molar-refractivity contribution in [2.75, 3.05) is 6.54 Å². The molecule has 1 atom stereocenters. The van der Waals surface area contributed by atoms with Crippen LogP contribution < -0.4 is 5.32 Å². The molecule has 0 radical (unpaired) electrons. The van der Waals surface area contributed by atoms with E-state index in [-0.39, 0.29) is 0 Å². The average molecular weight is 233 g/mol. The first kappa shape index (κ1) is 11.3. The fourth-order valence-corrected chi connectivity index (χ4v) is 3.30. The van der Waals surface area contributed by atoms with E-state index in [1.807, 2.05) is 6.20 Å². The first-order valence-electron chi connectivity index (χ1n) is 7.01. The van der Waals surface area contributed by atoms with Crippen LogP contribution in [-0.4, -0.2) is 21.6 Å². The smallest absolute Gasteiger partial charge is 0.110 e. The van der Waals surface area contributed by atoms with E-state index in [0.717, 1.165) is 12.3 Å². The predicted octanol–water partition coefficient (Wildman–Crippen LogP) is 2.27. The molecule has 1 aliphatic heterocycles. The predicted molar refractivity (Wildman–Crippen MR) is 68.8 cm³/mol. The van der Waals surface area contributed by atoms with E-state index in [0.29, 0.717) is 5.54 Å². The summed E-state index contributed by atoms with van der Waals surface area (Å²) in [5.74, 6) is 2.14. The highest BCUT2D eigenvalue weighted by Crippen LogP contribution is 2.44. The number of hydrogen-bond acceptors (Lipinski definition) is 2. The van der Waals surface area contributed by atoms with Crippen molar-refractivity contribution in [2.24, 2.45) is 13.0 Å². The highest BCUT2D eigenvalue weighted by molar-refractivity contribution is 5.08. The Morgan fingerprint density at radius 2 is 2.29 bits per heavy atom. The van der Waals surface area contributed by atoms with Crippen molar-refractivity contribution in [1.29, 1.82) is 0 Å². The number of imidazole rings is 1. The maximum Gasteiger partial charge on any atom is 0.110 e. The first-order chi connectivity index (χ1) is 8.30. The zero-order valence-corrected chi connectivity index (χ0v) is 10.8. The molecule has 17 heavy (non-hydrogen) atoms. The fraction of sp³-hybridized carbons (Fsp3) is 0.786. The van der Waals surface area contributed by atoms with Crippen LogP contribution in [-0.2, 0) is 13.5 Å². The summed E-state index contributed by atoms with van der Waals surface area (Å²) < 4.78 is 2.18. The minimum absolute atomic E-state index is 0.357. The van der Waals surface area contributed by atoms with Crippen LogP contribution in [0.1, 0.15) is 44.3 Å². The molecule has 1 unspecified atom stereocenters. The lowest BCUT2D eigenvalue weighted by atomic mass is 9.84. The number of aromatic nitrogens is 2. The van der Waals surface area contributed by atoms with Crippen molar-refractivity contribution in [2.45, 2.75) is 50.5 Å². The van der Waals surface area contributed by atoms with Gasteiger partial charge in [-0.1, -0.05) is 12.8 Å². The molecule has 1 saturated heterocycles. The van der Waals surface area contributed by atoms with Gasteiger partial charge >= 0.3 is 0 Å². The van der Waals surface area contributed by atoms with Crippen molar-refractivity contribution in [1.82, 2.24) is 14.9 Å². The van der Waals surface area contributed by atoms with Crippen LogP contribution in [0, 0.1) is 5.92 Å². The second kappa shape index (κ2) is 4.45. The van der Waals surface area contributed by atoms with E-state index >= 15 is 0 Å². The highest BCUT2D eigenvalue weighted by atomic mass is 15.1. The Hall–Kier alpha value is -0.830. The van der Waals surface area contributed by atoms with Crippen LogP contribution in [0.15, 0.2) is 12.4 Å². The van der Waals surface area contributed by atoms with Gasteiger partial charge in [0.2, 0.25) is 0 Å². The Bertz CT molecular complexity index is 371. The molecule has 3 heteroatoms. The van der Waals surface area contributed by atoms with E-state index in [1.165, 1.54) is 50.9 Å². The van der Waals surface area contributed by atoms with Gasteiger partial charge < -0.3 is 9.88 Å². The third-order valence-corrected chi connectivity index (χ3v) is 4.53. The van der Waals surface area contributed by atoms with Gasteiger partial charge in [0, 0.05) is 31.4 Å². The summed E-state index contributed by atoms with van der Waals surface area (Å²) in [5.41, 5.74) is 0.357. The van der Waals surface area contributed by atoms with Crippen molar-refractivity contribution >= 4 is 0 Å². The first-order valence-corrected chi connectivity index (χ1v) is 7.01. The zero-order valence-electron chi connectivity index (χ0n) is 10.8. The van der Waals surface area contributed by atoms with Crippen molar-refractivity contribution in [3.8, 4) is 0 Å². The van der Waals surface area contributed by atoms with E-state index in [2.05, 4.69) is 28.1 Å². The molecule has 3 rings (SSSR count). The van der Waals surface area contributed by atoms with Crippen LogP contribution in [0.5, 0.6) is 0 Å². The van der Waals surface area contributed by atoms with Gasteiger partial charge in [-0.3, -0.25) is 0 Å². The van der Waals surface area contributed by atoms with Gasteiger partial charge in [0.25, 0.3) is 0 Å². The minimum atomic E-state index is 0.357. The number of nitrogens with one attached hydrogen (secondary N) is 1. The number of rotatable bonds is 3. The van der Waals surface area contributed by atoms with Crippen LogP contribution in [0.3, 0.4) is 0 Å². The Labute approximate surface area is 104 Å². The Morgan fingerprint density at radius 3 is 3.00 bits per heavy atom. The second-order valence-electron chi connectivity index (χ2n) is 5.80. The van der Waals surface area contributed by atoms with Crippen LogP contribution in [0.25, 0.3) is 0 Å². The highest BCUT2D eigenvalue weighted by Gasteiger charge is 2.45. The molecule has 1 N–H and O–H groups in total. The molecule has 0 bridgehead atoms. The van der Waals surface area contributed by atoms with Gasteiger partial charge in [0.15, 0.2) is 0 Å². The normalized spacial score (nSPS) is 30.2. The zero-order chi connectivity index (χ0) is 11.7. The summed E-state index contributed by atoms with van der Waals surface area (Å²) in [5, 5.41) is 3.87. The molecule has 2 heterocycles. The summed E-state index contributed by atoms with van der Waals surface area (Å²) in [6, 6.07) is 0. The van der Waals surface area contributed by atoms with Gasteiger partial charge in [-0.05, 0) is 38.1 Å². The molecule has 0 amide bonds. The van der Waals surface area contributed by atoms with Crippen LogP contribution >= 0.6 is 0 Å². The Balaban J connectivity index is 1.81. The third-order valence-electron chi connectivity index (χ3n) is 4.53. The van der Waals surface area contributed by atoms with E-state index in [9.17, 15) is 0 Å². The molecule has 0 aromatic carbocycles. The van der Waals surface area contributed by atoms with Gasteiger partial charge in [-0.25, -0.2) is 4.98 Å². The molecule has 1 saturated carbocycles. The molecule has 0 spiro atoms. The Morgan fingerprint density at radius 1 is 1.41 bits per heavy atom. The molecule has 2 aliphatic rings. The van der Waals surface area contributed by atoms with E-state index in [4.69, 9.17) is 0 Å². The molecular formula is C14H23N3. The van der Waals surface area contributed by atoms with Gasteiger partial charge in [-0.15, -0.1) is 0 Å². The average Bonchev–Trinajstić information content (AvgIpc) is 3.11. The molecule has 1 aromatic heterocycles. The lowest BCUT2D eigenvalue weighted by Gasteiger charge is -2.34. The molecule has 1 aliphatic carbocycles. The fourth-order valence-electron chi connectivity index (χ4n) is 3.30. The molecule has 2 fully saturated rings. The largest absolute Gasteiger partial charge is 0.338 e. The van der Waals surface area contributed by atoms with Crippen molar-refractivity contribution < 1.29 is 0 Å². The lowest BCUT2D eigenvalue weighted by Crippen LogP contribution is -2.49. The molecule has 3 nitrogen and oxygen atoms in total. The maximum atomic E-state index is 4.52. The van der Waals surface area contributed by atoms with Gasteiger partial charge in [0.1, 0.15) is 5.82 Å². The maximum absolute atomic E-state index is 4.52. The monoisotopic (exact) mass is 233 g/mol. The third kappa shape index (κ3) is 2.25. The van der Waals surface area contributed by atoms with Crippen molar-refractivity contribution in [3.05, 3.63) is 18.2 Å². The second-order valence-corrected chi connectivity index (χ2v) is 5.80. The van der Waals surface area contributed by atoms with Crippen molar-refractivity contribution in [3.63, 3.8) is 0 Å². The van der Waals surface area contributed by atoms with E-state index < -0.39 is 0 Å². The minimum Gasteiger partial charge on any atom is -0.338 e. The molecule has 1 aromatic rings. The molecule has 94 valence electrons. The molecular weight excluding hydrogens is 210 g/mol. The standard InChI is InChI=1S/C14H23N3/c1-17-10-9-15-13(17)11-14(12-5-6-12)7-3-2-4-8-16-14/h9-10,12,16H,2-8,11H2,1H3. The number of aryl methyl sites for hydroxylation is 1. The number of hydrogen-bond donors (Lipinski definition) is 1. The van der Waals surface area contributed by atoms with E-state index in [1.54, 1.807) is 0 Å². The van der Waals surface area contributed by atoms with Crippen LogP contribution in [0.4, 0.5) is 0 Å². The summed E-state index contributed by atoms with van der Waals surface area (Å²) in [7, 11) is 2.11. The summed E-state index contributed by atoms with van der Waals surface area (Å²) in [6.07, 6.45) is 13.4. The SMILES string of the molecule is Cn1ccnc1CC1(C2CC2)CCCCCN1. The summed E-state index contributed by atoms with van der Waals surface area (Å²) in [6.45, 7) is 1.20. The summed E-state index contributed by atoms with van der Waals surface area (Å²) in [4.78, 5) is 4.52. The Kier molecular flexibility index (Phi) is 2.95. The van der Waals surface area contributed by atoms with Crippen LogP contribution in [0.2, 0.25) is 0 Å². The quantitative estimate of drug-likeness (QED) is 0.868. The topological polar surface area (TPSA) is 29.9 Å². The number of nitrogens with zero attached hydrogens (tertiary/aromatic N) is 2. The lowest BCUT2D eigenvalue weighted by molar-refractivity contribution is 0.264. The van der Waals surface area contributed by atoms with Gasteiger partial charge in [0.05, 0.1) is 0 Å². The van der Waals surface area contributed by atoms with Gasteiger partial charge in [-0.2, -0.15) is 0 Å².